The molecule has 3 aromatic rings. The maximum absolute atomic E-state index is 9.40. The van der Waals surface area contributed by atoms with Gasteiger partial charge in [-0.25, -0.2) is 9.97 Å². The number of benzene rings is 2. The molecule has 0 fully saturated rings. The van der Waals surface area contributed by atoms with E-state index in [1.54, 1.807) is 12.1 Å². The standard InChI is InChI=1S/C16H14ClN3O.ClH/c1-20(11-6-8-12(21)9-7-11)16-13-4-2-3-5-14(13)18-15(10-17)19-16;/h2-9,21H,10H2,1H3;1H. The van der Waals surface area contributed by atoms with Crippen molar-refractivity contribution in [2.75, 3.05) is 11.9 Å². The third kappa shape index (κ3) is 3.08. The smallest absolute Gasteiger partial charge is 0.146 e. The lowest BCUT2D eigenvalue weighted by Crippen LogP contribution is -2.13. The van der Waals surface area contributed by atoms with Crippen molar-refractivity contribution < 1.29 is 5.11 Å². The average molecular weight is 336 g/mol. The minimum atomic E-state index is 0. The predicted molar refractivity (Wildman–Crippen MR) is 92.5 cm³/mol. The Morgan fingerprint density at radius 3 is 2.41 bits per heavy atom. The second kappa shape index (κ2) is 6.81. The monoisotopic (exact) mass is 335 g/mol. The van der Waals surface area contributed by atoms with Crippen LogP contribution in [0.1, 0.15) is 5.82 Å². The van der Waals surface area contributed by atoms with Gasteiger partial charge in [-0.05, 0) is 36.4 Å². The minimum absolute atomic E-state index is 0. The van der Waals surface area contributed by atoms with Crippen molar-refractivity contribution in [3.05, 3.63) is 54.4 Å². The van der Waals surface area contributed by atoms with Crippen molar-refractivity contribution in [1.82, 2.24) is 9.97 Å². The third-order valence-electron chi connectivity index (χ3n) is 3.30. The van der Waals surface area contributed by atoms with Gasteiger partial charge in [0.1, 0.15) is 17.4 Å². The highest BCUT2D eigenvalue weighted by Crippen LogP contribution is 2.29. The molecule has 0 atom stereocenters. The predicted octanol–water partition coefficient (Wildman–Crippen LogP) is 4.26. The summed E-state index contributed by atoms with van der Waals surface area (Å²) in [6.07, 6.45) is 0. The summed E-state index contributed by atoms with van der Waals surface area (Å²) in [5.41, 5.74) is 1.79. The van der Waals surface area contributed by atoms with Crippen LogP contribution in [0.3, 0.4) is 0 Å². The molecular weight excluding hydrogens is 321 g/mol. The number of phenolic OH excluding ortho intramolecular Hbond substituents is 1. The van der Waals surface area contributed by atoms with Gasteiger partial charge in [-0.3, -0.25) is 0 Å². The molecule has 1 heterocycles. The van der Waals surface area contributed by atoms with Crippen LogP contribution in [0.4, 0.5) is 11.5 Å². The second-order valence-corrected chi connectivity index (χ2v) is 4.96. The lowest BCUT2D eigenvalue weighted by Gasteiger charge is -2.20. The van der Waals surface area contributed by atoms with Crippen molar-refractivity contribution in [2.24, 2.45) is 0 Å². The van der Waals surface area contributed by atoms with Crippen molar-refractivity contribution in [3.63, 3.8) is 0 Å². The van der Waals surface area contributed by atoms with E-state index in [4.69, 9.17) is 11.6 Å². The van der Waals surface area contributed by atoms with E-state index in [0.717, 1.165) is 22.4 Å². The van der Waals surface area contributed by atoms with E-state index in [9.17, 15) is 5.11 Å². The van der Waals surface area contributed by atoms with Crippen molar-refractivity contribution in [2.45, 2.75) is 5.88 Å². The van der Waals surface area contributed by atoms with Gasteiger partial charge in [-0.1, -0.05) is 12.1 Å². The molecule has 0 aliphatic carbocycles. The molecule has 0 saturated heterocycles. The number of halogens is 2. The number of anilines is 2. The summed E-state index contributed by atoms with van der Waals surface area (Å²) in [6.45, 7) is 0. The van der Waals surface area contributed by atoms with Crippen LogP contribution in [0.15, 0.2) is 48.5 Å². The van der Waals surface area contributed by atoms with E-state index >= 15 is 0 Å². The molecule has 2 aromatic carbocycles. The molecule has 6 heteroatoms. The molecule has 1 N–H and O–H groups in total. The highest BCUT2D eigenvalue weighted by molar-refractivity contribution is 6.16. The summed E-state index contributed by atoms with van der Waals surface area (Å²) < 4.78 is 0. The topological polar surface area (TPSA) is 49.2 Å². The fourth-order valence-corrected chi connectivity index (χ4v) is 2.34. The Hall–Kier alpha value is -2.04. The highest BCUT2D eigenvalue weighted by atomic mass is 35.5. The van der Waals surface area contributed by atoms with Gasteiger partial charge in [0, 0.05) is 18.1 Å². The molecule has 0 aliphatic rings. The van der Waals surface area contributed by atoms with Crippen LogP contribution in [0.2, 0.25) is 0 Å². The maximum atomic E-state index is 9.40. The molecule has 1 aromatic heterocycles. The largest absolute Gasteiger partial charge is 0.508 e. The number of hydrogen-bond acceptors (Lipinski definition) is 4. The van der Waals surface area contributed by atoms with Crippen LogP contribution in [0.25, 0.3) is 10.9 Å². The number of rotatable bonds is 3. The van der Waals surface area contributed by atoms with Crippen LogP contribution < -0.4 is 4.90 Å². The molecule has 0 amide bonds. The molecule has 114 valence electrons. The number of fused-ring (bicyclic) bond motifs is 1. The third-order valence-corrected chi connectivity index (χ3v) is 3.54. The van der Waals surface area contributed by atoms with Crippen molar-refractivity contribution in [3.8, 4) is 5.75 Å². The van der Waals surface area contributed by atoms with Crippen LogP contribution >= 0.6 is 24.0 Å². The van der Waals surface area contributed by atoms with E-state index in [2.05, 4.69) is 9.97 Å². The fraction of sp³-hybridized carbons (Fsp3) is 0.125. The molecular formula is C16H15Cl2N3O. The Kier molecular flexibility index (Phi) is 5.06. The first-order valence-electron chi connectivity index (χ1n) is 6.53. The van der Waals surface area contributed by atoms with Crippen LogP contribution in [0.5, 0.6) is 5.75 Å². The molecule has 4 nitrogen and oxygen atoms in total. The summed E-state index contributed by atoms with van der Waals surface area (Å²) in [6, 6.07) is 14.8. The first-order valence-corrected chi connectivity index (χ1v) is 7.07. The van der Waals surface area contributed by atoms with E-state index in [1.165, 1.54) is 0 Å². The Labute approximate surface area is 139 Å². The van der Waals surface area contributed by atoms with E-state index < -0.39 is 0 Å². The number of nitrogens with zero attached hydrogens (tertiary/aromatic N) is 3. The van der Waals surface area contributed by atoms with Gasteiger partial charge < -0.3 is 10.0 Å². The van der Waals surface area contributed by atoms with Crippen LogP contribution in [0, 0.1) is 0 Å². The van der Waals surface area contributed by atoms with Crippen molar-refractivity contribution in [1.29, 1.82) is 0 Å². The summed E-state index contributed by atoms with van der Waals surface area (Å²) >= 11 is 5.89. The molecule has 0 aliphatic heterocycles. The summed E-state index contributed by atoms with van der Waals surface area (Å²) in [5, 5.41) is 10.4. The average Bonchev–Trinajstić information content (AvgIpc) is 2.53. The zero-order valence-corrected chi connectivity index (χ0v) is 13.5. The SMILES string of the molecule is CN(c1ccc(O)cc1)c1nc(CCl)nc2ccccc12.Cl. The quantitative estimate of drug-likeness (QED) is 0.726. The molecule has 0 unspecified atom stereocenters. The van der Waals surface area contributed by atoms with E-state index in [0.29, 0.717) is 5.82 Å². The highest BCUT2D eigenvalue weighted by Gasteiger charge is 2.12. The van der Waals surface area contributed by atoms with Gasteiger partial charge in [-0.2, -0.15) is 0 Å². The summed E-state index contributed by atoms with van der Waals surface area (Å²) in [4.78, 5) is 10.9. The fourth-order valence-electron chi connectivity index (χ4n) is 2.22. The number of para-hydroxylation sites is 1. The normalized spacial score (nSPS) is 10.3. The van der Waals surface area contributed by atoms with Crippen LogP contribution in [-0.2, 0) is 5.88 Å². The Bertz CT molecular complexity index is 778. The molecule has 3 rings (SSSR count). The van der Waals surface area contributed by atoms with Crippen molar-refractivity contribution >= 4 is 46.4 Å². The van der Waals surface area contributed by atoms with Gasteiger partial charge in [0.25, 0.3) is 0 Å². The zero-order valence-electron chi connectivity index (χ0n) is 11.9. The van der Waals surface area contributed by atoms with Gasteiger partial charge in [0.15, 0.2) is 0 Å². The zero-order chi connectivity index (χ0) is 14.8. The van der Waals surface area contributed by atoms with Gasteiger partial charge in [0.05, 0.1) is 11.4 Å². The molecule has 22 heavy (non-hydrogen) atoms. The number of aromatic hydroxyl groups is 1. The Balaban J connectivity index is 0.00000176. The first kappa shape index (κ1) is 16.3. The lowest BCUT2D eigenvalue weighted by atomic mass is 10.2. The summed E-state index contributed by atoms with van der Waals surface area (Å²) in [7, 11) is 1.93. The van der Waals surface area contributed by atoms with Gasteiger partial charge in [0.2, 0.25) is 0 Å². The molecule has 0 saturated carbocycles. The summed E-state index contributed by atoms with van der Waals surface area (Å²) in [5.74, 6) is 1.89. The number of hydrogen-bond donors (Lipinski definition) is 1. The Morgan fingerprint density at radius 2 is 1.73 bits per heavy atom. The minimum Gasteiger partial charge on any atom is -0.508 e. The number of alkyl halides is 1. The Morgan fingerprint density at radius 1 is 1.05 bits per heavy atom. The van der Waals surface area contributed by atoms with Gasteiger partial charge >= 0.3 is 0 Å². The maximum Gasteiger partial charge on any atom is 0.146 e. The molecule has 0 spiro atoms. The molecule has 0 bridgehead atoms. The van der Waals surface area contributed by atoms with Crippen LogP contribution in [-0.4, -0.2) is 22.1 Å². The number of phenols is 1. The molecule has 0 radical (unpaired) electrons. The first-order chi connectivity index (χ1) is 10.2. The van der Waals surface area contributed by atoms with E-state index in [-0.39, 0.29) is 24.0 Å². The second-order valence-electron chi connectivity index (χ2n) is 4.69. The lowest BCUT2D eigenvalue weighted by molar-refractivity contribution is 0.475. The number of aromatic nitrogens is 2. The van der Waals surface area contributed by atoms with E-state index in [1.807, 2.05) is 48.3 Å². The van der Waals surface area contributed by atoms with Gasteiger partial charge in [-0.15, -0.1) is 24.0 Å².